The van der Waals surface area contributed by atoms with E-state index in [-0.39, 0.29) is 11.9 Å². The molecule has 1 aromatic rings. The van der Waals surface area contributed by atoms with Crippen molar-refractivity contribution in [1.82, 2.24) is 5.32 Å². The van der Waals surface area contributed by atoms with E-state index in [0.717, 1.165) is 24.8 Å². The van der Waals surface area contributed by atoms with Crippen LogP contribution in [0, 0.1) is 18.8 Å². The summed E-state index contributed by atoms with van der Waals surface area (Å²) < 4.78 is 5.92. The maximum Gasteiger partial charge on any atom is 0.263 e. The Labute approximate surface area is 142 Å². The molecular weight excluding hydrogens is 302 g/mol. The smallest absolute Gasteiger partial charge is 0.263 e. The molecule has 6 rings (SSSR count). The predicted octanol–water partition coefficient (Wildman–Crippen LogP) is 2.74. The van der Waals surface area contributed by atoms with Gasteiger partial charge in [0, 0.05) is 17.9 Å². The fourth-order valence-corrected chi connectivity index (χ4v) is 4.49. The molecule has 128 valence electrons. The number of benzene rings is 1. The summed E-state index contributed by atoms with van der Waals surface area (Å²) in [5, 5.41) is 13.6. The lowest BCUT2D eigenvalue weighted by atomic mass is 9.49. The van der Waals surface area contributed by atoms with Gasteiger partial charge in [-0.05, 0) is 52.2 Å². The van der Waals surface area contributed by atoms with Crippen molar-refractivity contribution in [2.75, 3.05) is 0 Å². The number of ether oxygens (including phenoxy) is 1. The van der Waals surface area contributed by atoms with Crippen LogP contribution in [0.1, 0.15) is 38.7 Å². The monoisotopic (exact) mass is 327 g/mol. The van der Waals surface area contributed by atoms with Crippen LogP contribution < -0.4 is 10.1 Å². The molecule has 4 nitrogen and oxygen atoms in total. The normalized spacial score (nSPS) is 33.5. The minimum Gasteiger partial charge on any atom is -0.478 e. The van der Waals surface area contributed by atoms with Gasteiger partial charge in [0.05, 0.1) is 5.60 Å². The first-order valence-electron chi connectivity index (χ1n) is 8.76. The number of aliphatic hydroxyl groups is 1. The highest BCUT2D eigenvalue weighted by molar-refractivity contribution is 5.85. The van der Waals surface area contributed by atoms with E-state index in [1.54, 1.807) is 13.8 Å². The third kappa shape index (κ3) is 2.44. The minimum atomic E-state index is -0.927. The third-order valence-corrected chi connectivity index (χ3v) is 5.88. The van der Waals surface area contributed by atoms with Gasteiger partial charge in [0.1, 0.15) is 5.75 Å². The first-order chi connectivity index (χ1) is 11.3. The van der Waals surface area contributed by atoms with Gasteiger partial charge >= 0.3 is 0 Å². The molecule has 0 saturated heterocycles. The van der Waals surface area contributed by atoms with Crippen LogP contribution in [0.15, 0.2) is 35.9 Å². The maximum atomic E-state index is 12.7. The van der Waals surface area contributed by atoms with Crippen molar-refractivity contribution in [3.05, 3.63) is 41.5 Å². The van der Waals surface area contributed by atoms with E-state index in [9.17, 15) is 9.90 Å². The van der Waals surface area contributed by atoms with Gasteiger partial charge in [-0.2, -0.15) is 0 Å². The lowest BCUT2D eigenvalue weighted by Crippen LogP contribution is -2.67. The number of hydrogen-bond donors (Lipinski definition) is 2. The largest absolute Gasteiger partial charge is 0.478 e. The molecule has 0 aromatic heterocycles. The molecule has 0 radical (unpaired) electrons. The molecule has 0 unspecified atom stereocenters. The van der Waals surface area contributed by atoms with Gasteiger partial charge in [-0.15, -0.1) is 0 Å². The van der Waals surface area contributed by atoms with Crippen molar-refractivity contribution in [3.63, 3.8) is 0 Å². The average molecular weight is 327 g/mol. The van der Waals surface area contributed by atoms with Crippen LogP contribution in [0.3, 0.4) is 0 Å². The summed E-state index contributed by atoms with van der Waals surface area (Å²) in [5.41, 5.74) is 1.14. The second-order valence-corrected chi connectivity index (χ2v) is 8.18. The number of carbonyl (C=O) groups is 1. The molecule has 24 heavy (non-hydrogen) atoms. The van der Waals surface area contributed by atoms with E-state index in [0.29, 0.717) is 17.6 Å². The quantitative estimate of drug-likeness (QED) is 0.836. The average Bonchev–Trinajstić information content (AvgIpc) is 2.53. The van der Waals surface area contributed by atoms with Crippen LogP contribution in [-0.2, 0) is 4.79 Å². The van der Waals surface area contributed by atoms with Crippen molar-refractivity contribution >= 4 is 5.91 Å². The summed E-state index contributed by atoms with van der Waals surface area (Å²) in [4.78, 5) is 12.7. The molecule has 2 N–H and O–H groups in total. The lowest BCUT2D eigenvalue weighted by molar-refractivity contribution is -0.140. The van der Waals surface area contributed by atoms with Gasteiger partial charge in [-0.3, -0.25) is 4.79 Å². The molecule has 5 aliphatic rings. The van der Waals surface area contributed by atoms with E-state index >= 15 is 0 Å². The Morgan fingerprint density at radius 2 is 1.88 bits per heavy atom. The summed E-state index contributed by atoms with van der Waals surface area (Å²) >= 11 is 0. The number of nitrogens with one attached hydrogen (secondary N) is 1. The van der Waals surface area contributed by atoms with Gasteiger partial charge in [-0.25, -0.2) is 0 Å². The molecule has 4 heteroatoms. The minimum absolute atomic E-state index is 0.0897. The van der Waals surface area contributed by atoms with Gasteiger partial charge in [-0.1, -0.05) is 29.3 Å². The Morgan fingerprint density at radius 1 is 1.25 bits per heavy atom. The van der Waals surface area contributed by atoms with Crippen molar-refractivity contribution in [2.45, 2.75) is 57.3 Å². The Kier molecular flexibility index (Phi) is 3.33. The Hall–Kier alpha value is -1.81. The maximum absolute atomic E-state index is 12.7. The van der Waals surface area contributed by atoms with E-state index in [1.165, 1.54) is 5.57 Å². The zero-order valence-electron chi connectivity index (χ0n) is 14.5. The fourth-order valence-electron chi connectivity index (χ4n) is 4.49. The van der Waals surface area contributed by atoms with Crippen LogP contribution in [-0.4, -0.2) is 28.3 Å². The van der Waals surface area contributed by atoms with E-state index in [1.807, 2.05) is 31.2 Å². The zero-order valence-corrected chi connectivity index (χ0v) is 14.5. The molecule has 5 aliphatic carbocycles. The van der Waals surface area contributed by atoms with E-state index < -0.39 is 11.2 Å². The Morgan fingerprint density at radius 3 is 2.46 bits per heavy atom. The highest BCUT2D eigenvalue weighted by Crippen LogP contribution is 2.58. The number of rotatable bonds is 4. The molecule has 0 aliphatic heterocycles. The summed E-state index contributed by atoms with van der Waals surface area (Å²) in [6, 6.07) is 7.88. The topological polar surface area (TPSA) is 58.6 Å². The summed E-state index contributed by atoms with van der Waals surface area (Å²) in [5.74, 6) is 1.22. The molecule has 1 amide bonds. The number of hydrogen-bond acceptors (Lipinski definition) is 3. The Bertz CT molecular complexity index is 688. The van der Waals surface area contributed by atoms with Crippen molar-refractivity contribution in [2.24, 2.45) is 11.8 Å². The molecule has 4 bridgehead atoms. The SMILES string of the molecule is Cc1ccc(OC(C)(C)C(=O)N[C@@H]2[C@@H]3C[C@]4(O)CC=C3[C@@H]2C4)cc1. The van der Waals surface area contributed by atoms with Gasteiger partial charge in [0.25, 0.3) is 5.91 Å². The van der Waals surface area contributed by atoms with Crippen LogP contribution in [0.5, 0.6) is 5.75 Å². The standard InChI is InChI=1S/C20H25NO3/c1-12-4-6-13(7-5-12)24-19(2,3)18(22)21-17-15-10-20(23)9-8-14(15)16(17)11-20/h4-8,15-17,23H,9-11H2,1-3H3,(H,21,22)/t15-,16+,17-,20-. The molecule has 0 heterocycles. The molecule has 3 fully saturated rings. The van der Waals surface area contributed by atoms with Crippen molar-refractivity contribution < 1.29 is 14.6 Å². The first-order valence-corrected chi connectivity index (χ1v) is 8.76. The Balaban J connectivity index is 1.42. The first kappa shape index (κ1) is 15.7. The van der Waals surface area contributed by atoms with Crippen molar-refractivity contribution in [1.29, 1.82) is 0 Å². The zero-order chi connectivity index (χ0) is 17.1. The summed E-state index contributed by atoms with van der Waals surface area (Å²) in [7, 11) is 0. The van der Waals surface area contributed by atoms with Crippen molar-refractivity contribution in [3.8, 4) is 5.75 Å². The van der Waals surface area contributed by atoms with Gasteiger partial charge < -0.3 is 15.2 Å². The second kappa shape index (κ2) is 5.09. The number of aryl methyl sites for hydroxylation is 1. The lowest BCUT2D eigenvalue weighted by Gasteiger charge is -2.60. The van der Waals surface area contributed by atoms with Crippen LogP contribution in [0.4, 0.5) is 0 Å². The third-order valence-electron chi connectivity index (χ3n) is 5.88. The number of fused-ring (bicyclic) bond motifs is 1. The van der Waals surface area contributed by atoms with E-state index in [2.05, 4.69) is 11.4 Å². The number of carbonyl (C=O) groups excluding carboxylic acids is 1. The van der Waals surface area contributed by atoms with E-state index in [4.69, 9.17) is 4.74 Å². The summed E-state index contributed by atoms with van der Waals surface area (Å²) in [6.07, 6.45) is 4.51. The van der Waals surface area contributed by atoms with Crippen LogP contribution in [0.2, 0.25) is 0 Å². The summed E-state index contributed by atoms with van der Waals surface area (Å²) in [6.45, 7) is 5.62. The van der Waals surface area contributed by atoms with Crippen LogP contribution in [0.25, 0.3) is 0 Å². The predicted molar refractivity (Wildman–Crippen MR) is 91.7 cm³/mol. The highest BCUT2D eigenvalue weighted by atomic mass is 16.5. The highest BCUT2D eigenvalue weighted by Gasteiger charge is 2.59. The van der Waals surface area contributed by atoms with Gasteiger partial charge in [0.15, 0.2) is 5.60 Å². The van der Waals surface area contributed by atoms with Crippen LogP contribution >= 0.6 is 0 Å². The fraction of sp³-hybridized carbons (Fsp3) is 0.550. The van der Waals surface area contributed by atoms with Gasteiger partial charge in [0.2, 0.25) is 0 Å². The molecule has 3 saturated carbocycles. The molecule has 1 aromatic carbocycles. The second-order valence-electron chi connectivity index (χ2n) is 8.18. The molecular formula is C20H25NO3. The molecule has 4 atom stereocenters. The molecule has 0 spiro atoms. The number of amides is 1.